The molecular weight excluding hydrogens is 269 g/mol. The van der Waals surface area contributed by atoms with E-state index in [1.54, 1.807) is 30.2 Å². The van der Waals surface area contributed by atoms with E-state index in [0.717, 1.165) is 10.7 Å². The molecule has 1 amide bonds. The Hall–Kier alpha value is -0.360. The van der Waals surface area contributed by atoms with Crippen molar-refractivity contribution in [3.05, 3.63) is 16.1 Å². The van der Waals surface area contributed by atoms with Crippen LogP contribution in [0.15, 0.2) is 5.38 Å². The van der Waals surface area contributed by atoms with Gasteiger partial charge in [-0.3, -0.25) is 4.79 Å². The number of nitrogens with zero attached hydrogens (tertiary/aromatic N) is 2. The molecule has 94 valence electrons. The van der Waals surface area contributed by atoms with Gasteiger partial charge in [0, 0.05) is 12.4 Å². The molecule has 0 aliphatic rings. The maximum atomic E-state index is 11.4. The molecule has 0 saturated carbocycles. The van der Waals surface area contributed by atoms with Crippen LogP contribution in [0.2, 0.25) is 0 Å². The van der Waals surface area contributed by atoms with Crippen LogP contribution >= 0.6 is 36.2 Å². The van der Waals surface area contributed by atoms with E-state index >= 15 is 0 Å². The van der Waals surface area contributed by atoms with Crippen molar-refractivity contribution in [1.29, 1.82) is 0 Å². The highest BCUT2D eigenvalue weighted by Gasteiger charge is 2.14. The lowest BCUT2D eigenvalue weighted by Gasteiger charge is -2.17. The van der Waals surface area contributed by atoms with Gasteiger partial charge in [0.1, 0.15) is 0 Å². The van der Waals surface area contributed by atoms with Gasteiger partial charge in [-0.2, -0.15) is 0 Å². The van der Waals surface area contributed by atoms with E-state index in [4.69, 9.17) is 5.73 Å². The number of aromatic nitrogens is 1. The molecule has 0 aliphatic heterocycles. The standard InChI is InChI=1S/C9H15N3OS.2ClH/c1-6(10)9(13)12(3)4-8-5-14-7(2)11-8;;/h5-6H,4,10H2,1-3H3;2*1H. The molecule has 1 aromatic heterocycles. The fourth-order valence-corrected chi connectivity index (χ4v) is 1.75. The van der Waals surface area contributed by atoms with Crippen LogP contribution in [0.1, 0.15) is 17.6 Å². The maximum absolute atomic E-state index is 11.4. The van der Waals surface area contributed by atoms with E-state index in [-0.39, 0.29) is 30.7 Å². The first kappa shape index (κ1) is 18.0. The van der Waals surface area contributed by atoms with Crippen molar-refractivity contribution in [2.75, 3.05) is 7.05 Å². The first-order chi connectivity index (χ1) is 6.50. The van der Waals surface area contributed by atoms with E-state index in [1.165, 1.54) is 0 Å². The Morgan fingerprint density at radius 3 is 2.56 bits per heavy atom. The predicted octanol–water partition coefficient (Wildman–Crippen LogP) is 1.60. The number of hydrogen-bond donors (Lipinski definition) is 1. The second-order valence-electron chi connectivity index (χ2n) is 3.34. The molecule has 2 N–H and O–H groups in total. The zero-order chi connectivity index (χ0) is 10.7. The molecule has 1 rings (SSSR count). The summed E-state index contributed by atoms with van der Waals surface area (Å²) < 4.78 is 0. The number of thiazole rings is 1. The molecule has 0 aliphatic carbocycles. The Labute approximate surface area is 112 Å². The smallest absolute Gasteiger partial charge is 0.239 e. The van der Waals surface area contributed by atoms with Crippen LogP contribution < -0.4 is 5.73 Å². The number of aryl methyl sites for hydroxylation is 1. The number of halogens is 2. The van der Waals surface area contributed by atoms with E-state index in [1.807, 2.05) is 12.3 Å². The van der Waals surface area contributed by atoms with Gasteiger partial charge in [0.15, 0.2) is 0 Å². The second kappa shape index (κ2) is 7.84. The molecule has 0 saturated heterocycles. The number of carbonyl (C=O) groups excluding carboxylic acids is 1. The van der Waals surface area contributed by atoms with Gasteiger partial charge in [0.2, 0.25) is 5.91 Å². The Morgan fingerprint density at radius 1 is 1.62 bits per heavy atom. The zero-order valence-electron chi connectivity index (χ0n) is 9.47. The molecule has 4 nitrogen and oxygen atoms in total. The van der Waals surface area contributed by atoms with Crippen LogP contribution in [0.3, 0.4) is 0 Å². The van der Waals surface area contributed by atoms with Gasteiger partial charge < -0.3 is 10.6 Å². The quantitative estimate of drug-likeness (QED) is 0.918. The Kier molecular flexibility index (Phi) is 8.83. The summed E-state index contributed by atoms with van der Waals surface area (Å²) in [6.45, 7) is 4.16. The van der Waals surface area contributed by atoms with E-state index in [0.29, 0.717) is 6.54 Å². The SMILES string of the molecule is Cc1nc(CN(C)C(=O)C(C)N)cs1.Cl.Cl. The van der Waals surface area contributed by atoms with Crippen molar-refractivity contribution in [2.24, 2.45) is 5.73 Å². The molecule has 1 atom stereocenters. The third-order valence-corrected chi connectivity index (χ3v) is 2.65. The monoisotopic (exact) mass is 285 g/mol. The number of hydrogen-bond acceptors (Lipinski definition) is 4. The molecule has 7 heteroatoms. The summed E-state index contributed by atoms with van der Waals surface area (Å²) in [5.41, 5.74) is 6.41. The number of amides is 1. The molecule has 0 fully saturated rings. The van der Waals surface area contributed by atoms with Crippen LogP contribution in [0.25, 0.3) is 0 Å². The molecule has 1 heterocycles. The summed E-state index contributed by atoms with van der Waals surface area (Å²) in [5.74, 6) is -0.0596. The average molecular weight is 286 g/mol. The highest BCUT2D eigenvalue weighted by molar-refractivity contribution is 7.09. The topological polar surface area (TPSA) is 59.2 Å². The van der Waals surface area contributed by atoms with E-state index < -0.39 is 6.04 Å². The minimum atomic E-state index is -0.445. The van der Waals surface area contributed by atoms with Gasteiger partial charge in [-0.05, 0) is 13.8 Å². The third kappa shape index (κ3) is 5.12. The number of rotatable bonds is 3. The van der Waals surface area contributed by atoms with Gasteiger partial charge in [-0.25, -0.2) is 4.98 Å². The fourth-order valence-electron chi connectivity index (χ4n) is 1.15. The van der Waals surface area contributed by atoms with Crippen molar-refractivity contribution in [1.82, 2.24) is 9.88 Å². The molecule has 0 spiro atoms. The van der Waals surface area contributed by atoms with Crippen LogP contribution in [-0.4, -0.2) is 28.9 Å². The minimum absolute atomic E-state index is 0. The highest BCUT2D eigenvalue weighted by Crippen LogP contribution is 2.09. The van der Waals surface area contributed by atoms with Crippen molar-refractivity contribution >= 4 is 42.1 Å². The van der Waals surface area contributed by atoms with Gasteiger partial charge in [0.05, 0.1) is 23.3 Å². The number of nitrogens with two attached hydrogens (primary N) is 1. The lowest BCUT2D eigenvalue weighted by atomic mass is 10.3. The van der Waals surface area contributed by atoms with Crippen LogP contribution in [0, 0.1) is 6.92 Å². The molecule has 0 aromatic carbocycles. The summed E-state index contributed by atoms with van der Waals surface area (Å²) in [7, 11) is 1.74. The maximum Gasteiger partial charge on any atom is 0.239 e. The van der Waals surface area contributed by atoms with Crippen molar-refractivity contribution < 1.29 is 4.79 Å². The number of carbonyl (C=O) groups is 1. The zero-order valence-corrected chi connectivity index (χ0v) is 11.9. The summed E-state index contributed by atoms with van der Waals surface area (Å²) in [6, 6.07) is -0.445. The lowest BCUT2D eigenvalue weighted by molar-refractivity contribution is -0.131. The molecule has 0 radical (unpaired) electrons. The predicted molar refractivity (Wildman–Crippen MR) is 71.5 cm³/mol. The normalized spacial score (nSPS) is 11.0. The summed E-state index contributed by atoms with van der Waals surface area (Å²) >= 11 is 1.59. The minimum Gasteiger partial charge on any atom is -0.338 e. The lowest BCUT2D eigenvalue weighted by Crippen LogP contribution is -2.39. The van der Waals surface area contributed by atoms with Crippen molar-refractivity contribution in [3.63, 3.8) is 0 Å². The van der Waals surface area contributed by atoms with Crippen molar-refractivity contribution in [2.45, 2.75) is 26.4 Å². The first-order valence-corrected chi connectivity index (χ1v) is 5.30. The van der Waals surface area contributed by atoms with Gasteiger partial charge in [-0.1, -0.05) is 0 Å². The first-order valence-electron chi connectivity index (χ1n) is 4.42. The highest BCUT2D eigenvalue weighted by atomic mass is 35.5. The summed E-state index contributed by atoms with van der Waals surface area (Å²) in [6.07, 6.45) is 0. The summed E-state index contributed by atoms with van der Waals surface area (Å²) in [4.78, 5) is 17.3. The van der Waals surface area contributed by atoms with Crippen molar-refractivity contribution in [3.8, 4) is 0 Å². The van der Waals surface area contributed by atoms with Gasteiger partial charge >= 0.3 is 0 Å². The molecule has 16 heavy (non-hydrogen) atoms. The second-order valence-corrected chi connectivity index (χ2v) is 4.40. The van der Waals surface area contributed by atoms with Crippen LogP contribution in [0.4, 0.5) is 0 Å². The van der Waals surface area contributed by atoms with E-state index in [2.05, 4.69) is 4.98 Å². The number of likely N-dealkylation sites (N-methyl/N-ethyl adjacent to an activating group) is 1. The average Bonchev–Trinajstić information content (AvgIpc) is 2.49. The Bertz CT molecular complexity index is 330. The fraction of sp³-hybridized carbons (Fsp3) is 0.556. The molecule has 1 unspecified atom stereocenters. The molecule has 0 bridgehead atoms. The van der Waals surface area contributed by atoms with Crippen LogP contribution in [-0.2, 0) is 11.3 Å². The Morgan fingerprint density at radius 2 is 2.19 bits per heavy atom. The van der Waals surface area contributed by atoms with Crippen LogP contribution in [0.5, 0.6) is 0 Å². The van der Waals surface area contributed by atoms with E-state index in [9.17, 15) is 4.79 Å². The van der Waals surface area contributed by atoms with Gasteiger partial charge in [0.25, 0.3) is 0 Å². The Balaban J connectivity index is 0. The van der Waals surface area contributed by atoms with Gasteiger partial charge in [-0.15, -0.1) is 36.2 Å². The molecular formula is C9H17Cl2N3OS. The molecule has 1 aromatic rings. The third-order valence-electron chi connectivity index (χ3n) is 1.83. The largest absolute Gasteiger partial charge is 0.338 e. The summed E-state index contributed by atoms with van der Waals surface area (Å²) in [5, 5.41) is 2.97.